The minimum absolute atomic E-state index is 0.115. The molecule has 2 aromatic carbocycles. The molecule has 0 saturated carbocycles. The monoisotopic (exact) mass is 419 g/mol. The largest absolute Gasteiger partial charge is 0.324 e. The van der Waals surface area contributed by atoms with Crippen LogP contribution in [0.5, 0.6) is 0 Å². The predicted octanol–water partition coefficient (Wildman–Crippen LogP) is 3.70. The Morgan fingerprint density at radius 2 is 1.79 bits per heavy atom. The van der Waals surface area contributed by atoms with Crippen molar-refractivity contribution in [3.05, 3.63) is 63.2 Å². The summed E-state index contributed by atoms with van der Waals surface area (Å²) >= 11 is 0. The van der Waals surface area contributed by atoms with Crippen molar-refractivity contribution < 1.29 is 18.1 Å². The van der Waals surface area contributed by atoms with E-state index >= 15 is 0 Å². The molecule has 0 saturated heterocycles. The number of aryl methyl sites for hydroxylation is 3. The van der Waals surface area contributed by atoms with Crippen LogP contribution in [-0.4, -0.2) is 31.5 Å². The zero-order valence-corrected chi connectivity index (χ0v) is 17.9. The quantitative estimate of drug-likeness (QED) is 0.543. The van der Waals surface area contributed by atoms with Crippen LogP contribution in [0.3, 0.4) is 0 Å². The number of nitrogens with one attached hydrogen (secondary N) is 1. The van der Waals surface area contributed by atoms with Crippen LogP contribution in [0.25, 0.3) is 0 Å². The van der Waals surface area contributed by atoms with Crippen molar-refractivity contribution in [1.82, 2.24) is 0 Å². The van der Waals surface area contributed by atoms with Crippen LogP contribution in [0, 0.1) is 30.9 Å². The molecule has 0 fully saturated rings. The third-order valence-corrected chi connectivity index (χ3v) is 5.78. The number of benzene rings is 2. The summed E-state index contributed by atoms with van der Waals surface area (Å²) in [7, 11) is -3.90. The summed E-state index contributed by atoms with van der Waals surface area (Å²) in [6, 6.07) is 8.42. The van der Waals surface area contributed by atoms with Crippen LogP contribution < -0.4 is 9.62 Å². The number of carbonyl (C=O) groups is 1. The van der Waals surface area contributed by atoms with E-state index in [1.165, 1.54) is 18.2 Å². The molecule has 1 N–H and O–H groups in total. The summed E-state index contributed by atoms with van der Waals surface area (Å²) in [5, 5.41) is 14.0. The van der Waals surface area contributed by atoms with E-state index in [9.17, 15) is 23.3 Å². The van der Waals surface area contributed by atoms with Gasteiger partial charge in [0.1, 0.15) is 6.04 Å². The first kappa shape index (κ1) is 22.4. The fraction of sp³-hybridized carbons (Fsp3) is 0.350. The van der Waals surface area contributed by atoms with Gasteiger partial charge < -0.3 is 5.32 Å². The van der Waals surface area contributed by atoms with Gasteiger partial charge in [0, 0.05) is 17.8 Å². The van der Waals surface area contributed by atoms with Gasteiger partial charge in [-0.05, 0) is 44.4 Å². The first-order chi connectivity index (χ1) is 13.5. The van der Waals surface area contributed by atoms with Crippen molar-refractivity contribution in [1.29, 1.82) is 0 Å². The SMILES string of the molecule is CC[C@@H](C(=O)Nc1ccc(C)cc1C)N(c1cc([N+](=O)[O-])ccc1C)S(C)(=O)=O. The van der Waals surface area contributed by atoms with Gasteiger partial charge in [-0.2, -0.15) is 0 Å². The number of nitro benzene ring substituents is 1. The normalized spacial score (nSPS) is 12.3. The van der Waals surface area contributed by atoms with Gasteiger partial charge in [0.25, 0.3) is 5.69 Å². The Hall–Kier alpha value is -2.94. The van der Waals surface area contributed by atoms with Crippen molar-refractivity contribution >= 4 is 33.0 Å². The molecule has 156 valence electrons. The number of sulfonamides is 1. The number of anilines is 2. The third kappa shape index (κ3) is 5.11. The molecule has 1 atom stereocenters. The van der Waals surface area contributed by atoms with Crippen LogP contribution in [0.4, 0.5) is 17.1 Å². The summed E-state index contributed by atoms with van der Waals surface area (Å²) in [4.78, 5) is 23.6. The average molecular weight is 420 g/mol. The third-order valence-electron chi connectivity index (χ3n) is 4.61. The highest BCUT2D eigenvalue weighted by molar-refractivity contribution is 7.92. The number of non-ortho nitro benzene ring substituents is 1. The van der Waals surface area contributed by atoms with Gasteiger partial charge in [-0.15, -0.1) is 0 Å². The summed E-state index contributed by atoms with van der Waals surface area (Å²) in [6.07, 6.45) is 1.17. The lowest BCUT2D eigenvalue weighted by atomic mass is 10.1. The lowest BCUT2D eigenvalue weighted by Gasteiger charge is -2.31. The molecule has 0 spiro atoms. The van der Waals surface area contributed by atoms with Gasteiger partial charge in [0.15, 0.2) is 0 Å². The molecule has 1 amide bonds. The molecule has 0 aliphatic rings. The lowest BCUT2D eigenvalue weighted by molar-refractivity contribution is -0.384. The second kappa shape index (κ2) is 8.60. The maximum Gasteiger partial charge on any atom is 0.271 e. The van der Waals surface area contributed by atoms with Gasteiger partial charge in [-0.3, -0.25) is 19.2 Å². The highest BCUT2D eigenvalue weighted by Crippen LogP contribution is 2.30. The Labute approximate surface area is 170 Å². The fourth-order valence-corrected chi connectivity index (χ4v) is 4.42. The second-order valence-electron chi connectivity index (χ2n) is 7.02. The Kier molecular flexibility index (Phi) is 6.63. The highest BCUT2D eigenvalue weighted by Gasteiger charge is 2.33. The Balaban J connectivity index is 2.51. The van der Waals surface area contributed by atoms with Crippen LogP contribution in [0.15, 0.2) is 36.4 Å². The molecule has 29 heavy (non-hydrogen) atoms. The number of hydrogen-bond donors (Lipinski definition) is 1. The number of rotatable bonds is 7. The van der Waals surface area contributed by atoms with Crippen LogP contribution in [0.1, 0.15) is 30.0 Å². The second-order valence-corrected chi connectivity index (χ2v) is 8.88. The smallest absolute Gasteiger partial charge is 0.271 e. The molecule has 0 unspecified atom stereocenters. The van der Waals surface area contributed by atoms with Crippen molar-refractivity contribution in [3.8, 4) is 0 Å². The summed E-state index contributed by atoms with van der Waals surface area (Å²) in [6.45, 7) is 7.12. The van der Waals surface area contributed by atoms with Crippen molar-refractivity contribution in [2.75, 3.05) is 15.9 Å². The fourth-order valence-electron chi connectivity index (χ4n) is 3.15. The average Bonchev–Trinajstić information content (AvgIpc) is 2.61. The molecule has 0 heterocycles. The first-order valence-corrected chi connectivity index (χ1v) is 10.9. The van der Waals surface area contributed by atoms with E-state index in [0.717, 1.165) is 21.7 Å². The summed E-state index contributed by atoms with van der Waals surface area (Å²) in [5.41, 5.74) is 2.86. The van der Waals surface area contributed by atoms with E-state index in [1.807, 2.05) is 26.0 Å². The van der Waals surface area contributed by atoms with Gasteiger partial charge in [-0.1, -0.05) is 30.7 Å². The Bertz CT molecular complexity index is 1050. The van der Waals surface area contributed by atoms with E-state index in [-0.39, 0.29) is 17.8 Å². The van der Waals surface area contributed by atoms with E-state index in [1.54, 1.807) is 19.9 Å². The van der Waals surface area contributed by atoms with Crippen molar-refractivity contribution in [2.45, 2.75) is 40.2 Å². The molecule has 0 aliphatic heterocycles. The maximum absolute atomic E-state index is 13.0. The lowest BCUT2D eigenvalue weighted by Crippen LogP contribution is -2.47. The number of hydrogen-bond acceptors (Lipinski definition) is 5. The van der Waals surface area contributed by atoms with Crippen LogP contribution in [-0.2, 0) is 14.8 Å². The standard InChI is InChI=1S/C20H25N3O5S/c1-6-18(20(24)21-17-10-7-13(2)11-15(17)4)22(29(5,27)28)19-12-16(23(25)26)9-8-14(19)3/h7-12,18H,6H2,1-5H3,(H,21,24)/t18-/m0/s1. The molecule has 0 aliphatic carbocycles. The van der Waals surface area contributed by atoms with Crippen LogP contribution in [0.2, 0.25) is 0 Å². The topological polar surface area (TPSA) is 110 Å². The number of carbonyl (C=O) groups excluding carboxylic acids is 1. The Morgan fingerprint density at radius 3 is 2.31 bits per heavy atom. The van der Waals surface area contributed by atoms with Gasteiger partial charge >= 0.3 is 0 Å². The molecular weight excluding hydrogens is 394 g/mol. The maximum atomic E-state index is 13.0. The molecule has 2 aromatic rings. The van der Waals surface area contributed by atoms with E-state index in [0.29, 0.717) is 11.3 Å². The molecule has 0 bridgehead atoms. The van der Waals surface area contributed by atoms with E-state index in [2.05, 4.69) is 5.32 Å². The molecule has 9 heteroatoms. The molecule has 0 radical (unpaired) electrons. The number of amides is 1. The number of nitro groups is 1. The minimum atomic E-state index is -3.90. The zero-order chi connectivity index (χ0) is 21.9. The minimum Gasteiger partial charge on any atom is -0.324 e. The van der Waals surface area contributed by atoms with Gasteiger partial charge in [0.2, 0.25) is 15.9 Å². The van der Waals surface area contributed by atoms with Gasteiger partial charge in [-0.25, -0.2) is 8.42 Å². The summed E-state index contributed by atoms with van der Waals surface area (Å²) < 4.78 is 26.2. The highest BCUT2D eigenvalue weighted by atomic mass is 32.2. The van der Waals surface area contributed by atoms with Crippen molar-refractivity contribution in [2.24, 2.45) is 0 Å². The van der Waals surface area contributed by atoms with E-state index < -0.39 is 26.9 Å². The van der Waals surface area contributed by atoms with Gasteiger partial charge in [0.05, 0.1) is 16.9 Å². The van der Waals surface area contributed by atoms with Crippen LogP contribution >= 0.6 is 0 Å². The Morgan fingerprint density at radius 1 is 1.14 bits per heavy atom. The molecule has 0 aromatic heterocycles. The number of nitrogens with zero attached hydrogens (tertiary/aromatic N) is 2. The van der Waals surface area contributed by atoms with Crippen molar-refractivity contribution in [3.63, 3.8) is 0 Å². The molecule has 8 nitrogen and oxygen atoms in total. The molecule has 2 rings (SSSR count). The molecular formula is C20H25N3O5S. The predicted molar refractivity (Wildman–Crippen MR) is 114 cm³/mol. The summed E-state index contributed by atoms with van der Waals surface area (Å²) in [5.74, 6) is -0.504. The zero-order valence-electron chi connectivity index (χ0n) is 17.1. The van der Waals surface area contributed by atoms with E-state index in [4.69, 9.17) is 0 Å². The first-order valence-electron chi connectivity index (χ1n) is 9.08.